The number of rotatable bonds is 3. The highest BCUT2D eigenvalue weighted by Gasteiger charge is 2.30. The number of hydrogen-bond donors (Lipinski definition) is 1. The number of hydrogen-bond acceptors (Lipinski definition) is 4. The van der Waals surface area contributed by atoms with Crippen molar-refractivity contribution in [3.05, 3.63) is 59.4 Å². The average Bonchev–Trinajstić information content (AvgIpc) is 2.67. The van der Waals surface area contributed by atoms with Crippen molar-refractivity contribution in [2.45, 2.75) is 12.3 Å². The second-order valence-electron chi connectivity index (χ2n) is 6.11. The number of nitrogens with one attached hydrogen (secondary N) is 1. The number of benzene rings is 2. The molecule has 0 aliphatic carbocycles. The lowest BCUT2D eigenvalue weighted by Crippen LogP contribution is -2.27. The van der Waals surface area contributed by atoms with Crippen molar-refractivity contribution in [2.75, 3.05) is 19.0 Å². The summed E-state index contributed by atoms with van der Waals surface area (Å²) < 4.78 is 11.1. The second-order valence-corrected chi connectivity index (χ2v) is 6.55. The molecular weight excluding hydrogens is 352 g/mol. The summed E-state index contributed by atoms with van der Waals surface area (Å²) in [6.07, 6.45) is 4.01. The first kappa shape index (κ1) is 16.7. The number of pyridine rings is 1. The first-order valence-electron chi connectivity index (χ1n) is 8.31. The number of fused-ring (bicyclic) bond motifs is 2. The molecule has 4 rings (SSSR count). The van der Waals surface area contributed by atoms with Crippen molar-refractivity contribution in [1.29, 1.82) is 0 Å². The Hall–Kier alpha value is -2.79. The minimum Gasteiger partial charge on any atom is -0.493 e. The number of amides is 1. The van der Waals surface area contributed by atoms with Gasteiger partial charge < -0.3 is 14.8 Å². The van der Waals surface area contributed by atoms with E-state index in [2.05, 4.69) is 10.3 Å². The largest absolute Gasteiger partial charge is 0.493 e. The number of methoxy groups -OCH3 is 1. The molecule has 0 radical (unpaired) electrons. The van der Waals surface area contributed by atoms with Gasteiger partial charge in [-0.05, 0) is 12.5 Å². The molecule has 1 N–H and O–H groups in total. The molecule has 0 fully saturated rings. The maximum atomic E-state index is 13.0. The summed E-state index contributed by atoms with van der Waals surface area (Å²) >= 11 is 6.19. The molecule has 2 aromatic carbocycles. The van der Waals surface area contributed by atoms with Crippen LogP contribution in [0.5, 0.6) is 11.5 Å². The molecule has 1 aliphatic rings. The molecule has 0 saturated heterocycles. The molecule has 26 heavy (non-hydrogen) atoms. The molecule has 0 saturated carbocycles. The van der Waals surface area contributed by atoms with Crippen LogP contribution in [-0.2, 0) is 4.79 Å². The average molecular weight is 369 g/mol. The normalized spacial score (nSPS) is 15.8. The fraction of sp³-hybridized carbons (Fsp3) is 0.200. The maximum Gasteiger partial charge on any atom is 0.232 e. The maximum absolute atomic E-state index is 13.0. The summed E-state index contributed by atoms with van der Waals surface area (Å²) in [5, 5.41) is 5.45. The lowest BCUT2D eigenvalue weighted by Gasteiger charge is -2.27. The Kier molecular flexibility index (Phi) is 4.39. The van der Waals surface area contributed by atoms with Crippen molar-refractivity contribution in [2.24, 2.45) is 0 Å². The first-order valence-corrected chi connectivity index (χ1v) is 8.69. The van der Waals surface area contributed by atoms with Crippen molar-refractivity contribution in [3.8, 4) is 11.5 Å². The summed E-state index contributed by atoms with van der Waals surface area (Å²) in [5.41, 5.74) is 1.43. The van der Waals surface area contributed by atoms with E-state index >= 15 is 0 Å². The number of aromatic nitrogens is 1. The molecule has 2 heterocycles. The molecule has 0 unspecified atom stereocenters. The number of carbonyl (C=O) groups is 1. The predicted molar refractivity (Wildman–Crippen MR) is 101 cm³/mol. The molecular formula is C20H17ClN2O3. The molecule has 1 aromatic heterocycles. The van der Waals surface area contributed by atoms with Gasteiger partial charge in [-0.2, -0.15) is 0 Å². The number of nitrogens with zero attached hydrogens (tertiary/aromatic N) is 1. The van der Waals surface area contributed by atoms with Crippen molar-refractivity contribution >= 4 is 34.0 Å². The van der Waals surface area contributed by atoms with Crippen LogP contribution in [0.15, 0.2) is 48.8 Å². The van der Waals surface area contributed by atoms with Crippen molar-refractivity contribution in [3.63, 3.8) is 0 Å². The highest BCUT2D eigenvalue weighted by molar-refractivity contribution is 6.31. The van der Waals surface area contributed by atoms with Crippen LogP contribution in [0.2, 0.25) is 5.02 Å². The van der Waals surface area contributed by atoms with Crippen LogP contribution in [0.4, 0.5) is 5.69 Å². The van der Waals surface area contributed by atoms with Crippen LogP contribution in [0.1, 0.15) is 17.9 Å². The Bertz CT molecular complexity index is 985. The van der Waals surface area contributed by atoms with Crippen molar-refractivity contribution in [1.82, 2.24) is 4.98 Å². The quantitative estimate of drug-likeness (QED) is 0.744. The smallest absolute Gasteiger partial charge is 0.232 e. The summed E-state index contributed by atoms with van der Waals surface area (Å²) in [6, 6.07) is 11.3. The fourth-order valence-corrected chi connectivity index (χ4v) is 3.51. The second kappa shape index (κ2) is 6.84. The van der Waals surface area contributed by atoms with E-state index in [0.717, 1.165) is 16.3 Å². The van der Waals surface area contributed by atoms with Crippen LogP contribution in [-0.4, -0.2) is 24.6 Å². The van der Waals surface area contributed by atoms with E-state index in [1.165, 1.54) is 0 Å². The Morgan fingerprint density at radius 3 is 3.00 bits per heavy atom. The molecule has 0 spiro atoms. The van der Waals surface area contributed by atoms with Gasteiger partial charge in [0.1, 0.15) is 0 Å². The molecule has 1 amide bonds. The Morgan fingerprint density at radius 2 is 2.15 bits per heavy atom. The van der Waals surface area contributed by atoms with E-state index in [9.17, 15) is 4.79 Å². The van der Waals surface area contributed by atoms with Crippen LogP contribution >= 0.6 is 11.6 Å². The zero-order chi connectivity index (χ0) is 18.1. The minimum atomic E-state index is -0.370. The van der Waals surface area contributed by atoms with Gasteiger partial charge in [0.05, 0.1) is 31.5 Å². The van der Waals surface area contributed by atoms with Gasteiger partial charge in [0.2, 0.25) is 5.91 Å². The Labute approximate surface area is 155 Å². The topological polar surface area (TPSA) is 60.5 Å². The zero-order valence-corrected chi connectivity index (χ0v) is 14.9. The van der Waals surface area contributed by atoms with Gasteiger partial charge in [0.15, 0.2) is 11.5 Å². The van der Waals surface area contributed by atoms with Crippen LogP contribution in [0.25, 0.3) is 10.8 Å². The number of halogens is 1. The van der Waals surface area contributed by atoms with Crippen molar-refractivity contribution < 1.29 is 14.3 Å². The molecule has 5 nitrogen and oxygen atoms in total. The van der Waals surface area contributed by atoms with E-state index < -0.39 is 0 Å². The minimum absolute atomic E-state index is 0.114. The third-order valence-electron chi connectivity index (χ3n) is 4.54. The lowest BCUT2D eigenvalue weighted by atomic mass is 9.91. The van der Waals surface area contributed by atoms with E-state index in [4.69, 9.17) is 21.1 Å². The van der Waals surface area contributed by atoms with Gasteiger partial charge in [-0.15, -0.1) is 0 Å². The van der Waals surface area contributed by atoms with Gasteiger partial charge in [-0.3, -0.25) is 9.78 Å². The molecule has 1 atom stereocenters. The summed E-state index contributed by atoms with van der Waals surface area (Å²) in [7, 11) is 1.56. The Morgan fingerprint density at radius 1 is 1.31 bits per heavy atom. The van der Waals surface area contributed by atoms with E-state index in [1.807, 2.05) is 24.3 Å². The third kappa shape index (κ3) is 2.95. The molecule has 0 bridgehead atoms. The van der Waals surface area contributed by atoms with Gasteiger partial charge in [-0.25, -0.2) is 0 Å². The SMILES string of the molecule is COc1cc(Cl)cc2c1OCC[C@H]2C(=O)Nc1cncc2ccccc12. The van der Waals surface area contributed by atoms with Gasteiger partial charge in [0, 0.05) is 33.6 Å². The molecule has 3 aromatic rings. The van der Waals surface area contributed by atoms with E-state index in [-0.39, 0.29) is 11.8 Å². The van der Waals surface area contributed by atoms with E-state index in [0.29, 0.717) is 35.2 Å². The van der Waals surface area contributed by atoms with E-state index in [1.54, 1.807) is 31.6 Å². The highest BCUT2D eigenvalue weighted by atomic mass is 35.5. The fourth-order valence-electron chi connectivity index (χ4n) is 3.30. The van der Waals surface area contributed by atoms with Crippen LogP contribution < -0.4 is 14.8 Å². The number of ether oxygens (including phenoxy) is 2. The molecule has 6 heteroatoms. The number of anilines is 1. The third-order valence-corrected chi connectivity index (χ3v) is 4.76. The molecule has 132 valence electrons. The summed E-state index contributed by atoms with van der Waals surface area (Å²) in [6.45, 7) is 0.441. The standard InChI is InChI=1S/C20H17ClN2O3/c1-25-18-9-13(21)8-16-15(6-7-26-19(16)18)20(24)23-17-11-22-10-12-4-2-3-5-14(12)17/h2-5,8-11,15H,6-7H2,1H3,(H,23,24)/t15-/m1/s1. The lowest BCUT2D eigenvalue weighted by molar-refractivity contribution is -0.118. The first-order chi connectivity index (χ1) is 12.7. The van der Waals surface area contributed by atoms with Gasteiger partial charge in [0.25, 0.3) is 0 Å². The number of carbonyl (C=O) groups excluding carboxylic acids is 1. The van der Waals surface area contributed by atoms with Crippen LogP contribution in [0.3, 0.4) is 0 Å². The van der Waals surface area contributed by atoms with Crippen LogP contribution in [0, 0.1) is 0 Å². The molecule has 1 aliphatic heterocycles. The van der Waals surface area contributed by atoms with Gasteiger partial charge >= 0.3 is 0 Å². The monoisotopic (exact) mass is 368 g/mol. The predicted octanol–water partition coefficient (Wildman–Crippen LogP) is 4.40. The zero-order valence-electron chi connectivity index (χ0n) is 14.2. The Balaban J connectivity index is 1.69. The highest BCUT2D eigenvalue weighted by Crippen LogP contribution is 2.43. The van der Waals surface area contributed by atoms with Gasteiger partial charge in [-0.1, -0.05) is 35.9 Å². The summed E-state index contributed by atoms with van der Waals surface area (Å²) in [4.78, 5) is 17.2. The summed E-state index contributed by atoms with van der Waals surface area (Å²) in [5.74, 6) is 0.638.